The van der Waals surface area contributed by atoms with Crippen molar-refractivity contribution in [2.75, 3.05) is 0 Å². The Balaban J connectivity index is 2.32. The molecular weight excluding hydrogens is 234 g/mol. The Kier molecular flexibility index (Phi) is 4.33. The minimum atomic E-state index is -0.593. The van der Waals surface area contributed by atoms with E-state index in [1.165, 1.54) is 5.56 Å². The third-order valence-corrected chi connectivity index (χ3v) is 3.37. The van der Waals surface area contributed by atoms with Crippen molar-refractivity contribution in [3.8, 4) is 0 Å². The van der Waals surface area contributed by atoms with Crippen molar-refractivity contribution in [3.63, 3.8) is 0 Å². The van der Waals surface area contributed by atoms with Crippen molar-refractivity contribution in [2.24, 2.45) is 0 Å². The number of nitrogens with zero attached hydrogens (tertiary/aromatic N) is 1. The van der Waals surface area contributed by atoms with Gasteiger partial charge in [0, 0.05) is 17.0 Å². The van der Waals surface area contributed by atoms with Crippen molar-refractivity contribution in [1.82, 2.24) is 4.98 Å². The zero-order valence-corrected chi connectivity index (χ0v) is 11.9. The quantitative estimate of drug-likeness (QED) is 0.903. The van der Waals surface area contributed by atoms with Crippen molar-refractivity contribution < 1.29 is 5.11 Å². The summed E-state index contributed by atoms with van der Waals surface area (Å²) in [6.45, 7) is 6.07. The van der Waals surface area contributed by atoms with Gasteiger partial charge in [0.05, 0.1) is 0 Å². The highest BCUT2D eigenvalue weighted by Crippen LogP contribution is 2.25. The van der Waals surface area contributed by atoms with Crippen LogP contribution in [0.5, 0.6) is 0 Å². The molecular formula is C17H21NO. The van der Waals surface area contributed by atoms with Gasteiger partial charge in [-0.3, -0.25) is 4.98 Å². The molecule has 2 nitrogen and oxygen atoms in total. The summed E-state index contributed by atoms with van der Waals surface area (Å²) in [5, 5.41) is 10.5. The molecule has 0 fully saturated rings. The summed E-state index contributed by atoms with van der Waals surface area (Å²) in [7, 11) is 0. The molecule has 1 unspecified atom stereocenters. The average Bonchev–Trinajstić information content (AvgIpc) is 2.39. The van der Waals surface area contributed by atoms with Gasteiger partial charge in [-0.05, 0) is 37.5 Å². The van der Waals surface area contributed by atoms with Crippen molar-refractivity contribution in [1.29, 1.82) is 0 Å². The number of aliphatic hydroxyl groups is 1. The van der Waals surface area contributed by atoms with E-state index in [9.17, 15) is 5.11 Å². The molecule has 1 aromatic heterocycles. The molecule has 1 N–H and O–H groups in total. The van der Waals surface area contributed by atoms with Crippen LogP contribution in [-0.4, -0.2) is 10.1 Å². The van der Waals surface area contributed by atoms with Gasteiger partial charge in [0.25, 0.3) is 0 Å². The molecule has 2 aromatic rings. The SMILES string of the molecule is CCCc1cccc(C(O)c2ccc(C)nc2C)c1. The smallest absolute Gasteiger partial charge is 0.106 e. The fraction of sp³-hybridized carbons (Fsp3) is 0.353. The number of rotatable bonds is 4. The summed E-state index contributed by atoms with van der Waals surface area (Å²) in [4.78, 5) is 4.42. The summed E-state index contributed by atoms with van der Waals surface area (Å²) in [5.41, 5.74) is 4.98. The van der Waals surface area contributed by atoms with E-state index in [0.717, 1.165) is 35.4 Å². The molecule has 0 aliphatic rings. The zero-order chi connectivity index (χ0) is 13.8. The van der Waals surface area contributed by atoms with Crippen LogP contribution in [0.3, 0.4) is 0 Å². The first-order valence-electron chi connectivity index (χ1n) is 6.83. The van der Waals surface area contributed by atoms with E-state index in [2.05, 4.69) is 24.0 Å². The summed E-state index contributed by atoms with van der Waals surface area (Å²) < 4.78 is 0. The number of pyridine rings is 1. The van der Waals surface area contributed by atoms with Gasteiger partial charge in [0.2, 0.25) is 0 Å². The highest BCUT2D eigenvalue weighted by molar-refractivity contribution is 5.35. The molecule has 2 rings (SSSR count). The highest BCUT2D eigenvalue weighted by Gasteiger charge is 2.14. The van der Waals surface area contributed by atoms with Gasteiger partial charge in [-0.1, -0.05) is 43.7 Å². The Morgan fingerprint density at radius 2 is 1.95 bits per heavy atom. The van der Waals surface area contributed by atoms with Crippen molar-refractivity contribution in [2.45, 2.75) is 39.7 Å². The van der Waals surface area contributed by atoms with Crippen LogP contribution in [0, 0.1) is 13.8 Å². The third kappa shape index (κ3) is 3.21. The van der Waals surface area contributed by atoms with E-state index in [4.69, 9.17) is 0 Å². The number of hydrogen-bond donors (Lipinski definition) is 1. The van der Waals surface area contributed by atoms with Crippen LogP contribution < -0.4 is 0 Å². The predicted molar refractivity (Wildman–Crippen MR) is 78.2 cm³/mol. The minimum absolute atomic E-state index is 0.593. The molecule has 0 saturated heterocycles. The summed E-state index contributed by atoms with van der Waals surface area (Å²) in [5.74, 6) is 0. The Bertz CT molecular complexity index is 563. The molecule has 0 spiro atoms. The molecule has 0 radical (unpaired) electrons. The van der Waals surface area contributed by atoms with Crippen LogP contribution >= 0.6 is 0 Å². The first kappa shape index (κ1) is 13.8. The Hall–Kier alpha value is -1.67. The van der Waals surface area contributed by atoms with Crippen molar-refractivity contribution >= 4 is 0 Å². The minimum Gasteiger partial charge on any atom is -0.384 e. The number of aromatic nitrogens is 1. The molecule has 1 aromatic carbocycles. The second kappa shape index (κ2) is 5.98. The third-order valence-electron chi connectivity index (χ3n) is 3.37. The standard InChI is InChI=1S/C17H21NO/c1-4-6-14-7-5-8-15(11-14)17(19)16-10-9-12(2)18-13(16)3/h5,7-11,17,19H,4,6H2,1-3H3. The van der Waals surface area contributed by atoms with E-state index >= 15 is 0 Å². The van der Waals surface area contributed by atoms with Crippen LogP contribution in [0.1, 0.15) is 47.5 Å². The van der Waals surface area contributed by atoms with Gasteiger partial charge in [0.1, 0.15) is 6.10 Å². The molecule has 0 saturated carbocycles. The van der Waals surface area contributed by atoms with Crippen LogP contribution in [0.25, 0.3) is 0 Å². The van der Waals surface area contributed by atoms with Gasteiger partial charge >= 0.3 is 0 Å². The summed E-state index contributed by atoms with van der Waals surface area (Å²) in [6, 6.07) is 12.1. The first-order valence-corrected chi connectivity index (χ1v) is 6.83. The van der Waals surface area contributed by atoms with Crippen LogP contribution in [0.2, 0.25) is 0 Å². The van der Waals surface area contributed by atoms with Crippen LogP contribution in [0.4, 0.5) is 0 Å². The number of aryl methyl sites for hydroxylation is 3. The Morgan fingerprint density at radius 3 is 2.63 bits per heavy atom. The average molecular weight is 255 g/mol. The second-order valence-electron chi connectivity index (χ2n) is 5.02. The molecule has 100 valence electrons. The van der Waals surface area contributed by atoms with Gasteiger partial charge in [-0.15, -0.1) is 0 Å². The first-order chi connectivity index (χ1) is 9.11. The lowest BCUT2D eigenvalue weighted by molar-refractivity contribution is 0.219. The summed E-state index contributed by atoms with van der Waals surface area (Å²) in [6.07, 6.45) is 1.57. The molecule has 0 bridgehead atoms. The Morgan fingerprint density at radius 1 is 1.16 bits per heavy atom. The number of benzene rings is 1. The monoisotopic (exact) mass is 255 g/mol. The normalized spacial score (nSPS) is 12.4. The maximum atomic E-state index is 10.5. The molecule has 0 aliphatic heterocycles. The fourth-order valence-electron chi connectivity index (χ4n) is 2.37. The lowest BCUT2D eigenvalue weighted by Gasteiger charge is -2.15. The van der Waals surface area contributed by atoms with Gasteiger partial charge < -0.3 is 5.11 Å². The van der Waals surface area contributed by atoms with Gasteiger partial charge in [0.15, 0.2) is 0 Å². The maximum absolute atomic E-state index is 10.5. The van der Waals surface area contributed by atoms with E-state index in [0.29, 0.717) is 0 Å². The zero-order valence-electron chi connectivity index (χ0n) is 11.9. The largest absolute Gasteiger partial charge is 0.384 e. The molecule has 1 heterocycles. The van der Waals surface area contributed by atoms with E-state index < -0.39 is 6.10 Å². The Labute approximate surface area is 115 Å². The molecule has 0 aliphatic carbocycles. The maximum Gasteiger partial charge on any atom is 0.106 e. The lowest BCUT2D eigenvalue weighted by atomic mass is 9.97. The second-order valence-corrected chi connectivity index (χ2v) is 5.02. The molecule has 0 amide bonds. The topological polar surface area (TPSA) is 33.1 Å². The van der Waals surface area contributed by atoms with Crippen molar-refractivity contribution in [3.05, 3.63) is 64.5 Å². The number of hydrogen-bond acceptors (Lipinski definition) is 2. The lowest BCUT2D eigenvalue weighted by Crippen LogP contribution is -2.04. The van der Waals surface area contributed by atoms with Crippen LogP contribution in [-0.2, 0) is 6.42 Å². The van der Waals surface area contributed by atoms with Gasteiger partial charge in [-0.2, -0.15) is 0 Å². The molecule has 19 heavy (non-hydrogen) atoms. The summed E-state index contributed by atoms with van der Waals surface area (Å²) >= 11 is 0. The van der Waals surface area contributed by atoms with E-state index in [1.807, 2.05) is 38.1 Å². The van der Waals surface area contributed by atoms with Gasteiger partial charge in [-0.25, -0.2) is 0 Å². The molecule has 2 heteroatoms. The van der Waals surface area contributed by atoms with Crippen LogP contribution in [0.15, 0.2) is 36.4 Å². The fourth-order valence-corrected chi connectivity index (χ4v) is 2.37. The van der Waals surface area contributed by atoms with E-state index in [-0.39, 0.29) is 0 Å². The predicted octanol–water partition coefficient (Wildman–Crippen LogP) is 3.73. The molecule has 1 atom stereocenters. The van der Waals surface area contributed by atoms with E-state index in [1.54, 1.807) is 0 Å². The number of aliphatic hydroxyl groups excluding tert-OH is 1. The highest BCUT2D eigenvalue weighted by atomic mass is 16.3.